The third-order valence-electron chi connectivity index (χ3n) is 4.33. The second kappa shape index (κ2) is 4.62. The van der Waals surface area contributed by atoms with Crippen LogP contribution in [0.2, 0.25) is 0 Å². The number of rotatable bonds is 2. The van der Waals surface area contributed by atoms with Crippen molar-refractivity contribution in [3.05, 3.63) is 35.9 Å². The lowest BCUT2D eigenvalue weighted by atomic mass is 10.0. The number of hydrogen-bond donors (Lipinski definition) is 1. The molecule has 1 atom stereocenters. The summed E-state index contributed by atoms with van der Waals surface area (Å²) in [6.45, 7) is 2.44. The summed E-state index contributed by atoms with van der Waals surface area (Å²) in [7, 11) is 2.12. The van der Waals surface area contributed by atoms with Crippen LogP contribution in [0.1, 0.15) is 24.4 Å². The lowest BCUT2D eigenvalue weighted by Crippen LogP contribution is -2.54. The number of benzene rings is 1. The molecule has 2 fully saturated rings. The van der Waals surface area contributed by atoms with Gasteiger partial charge in [-0.25, -0.2) is 0 Å². The topological polar surface area (TPSA) is 49.6 Å². The highest BCUT2D eigenvalue weighted by atomic mass is 16.2. The van der Waals surface area contributed by atoms with Crippen LogP contribution in [0.4, 0.5) is 0 Å². The molecule has 1 unspecified atom stereocenters. The van der Waals surface area contributed by atoms with Gasteiger partial charge in [0.15, 0.2) is 0 Å². The molecule has 0 bridgehead atoms. The van der Waals surface area contributed by atoms with Crippen molar-refractivity contribution in [2.24, 2.45) is 5.73 Å². The maximum absolute atomic E-state index is 12.3. The number of carbonyl (C=O) groups excluding carboxylic acids is 1. The van der Waals surface area contributed by atoms with Gasteiger partial charge in [-0.05, 0) is 25.5 Å². The van der Waals surface area contributed by atoms with E-state index in [1.54, 1.807) is 0 Å². The minimum absolute atomic E-state index is 0.140. The van der Waals surface area contributed by atoms with E-state index in [1.807, 2.05) is 11.0 Å². The molecule has 1 heterocycles. The van der Waals surface area contributed by atoms with Crippen LogP contribution in [0.3, 0.4) is 0 Å². The number of piperazine rings is 1. The molecule has 1 aliphatic heterocycles. The lowest BCUT2D eigenvalue weighted by Gasteiger charge is -2.40. The van der Waals surface area contributed by atoms with Gasteiger partial charge >= 0.3 is 0 Å². The molecule has 1 amide bonds. The smallest absolute Gasteiger partial charge is 0.242 e. The summed E-state index contributed by atoms with van der Waals surface area (Å²) in [5.41, 5.74) is 6.76. The summed E-state index contributed by atoms with van der Waals surface area (Å²) in [4.78, 5) is 16.6. The summed E-state index contributed by atoms with van der Waals surface area (Å²) < 4.78 is 0. The van der Waals surface area contributed by atoms with Crippen molar-refractivity contribution < 1.29 is 4.79 Å². The molecule has 4 heteroatoms. The van der Waals surface area contributed by atoms with E-state index in [2.05, 4.69) is 36.2 Å². The fourth-order valence-corrected chi connectivity index (χ4v) is 2.76. The Kier molecular flexibility index (Phi) is 3.07. The highest BCUT2D eigenvalue weighted by Crippen LogP contribution is 2.35. The first kappa shape index (κ1) is 12.6. The standard InChI is InChI=1S/C15H21N3O/c1-17-9-10-18(14(19)15(16)7-8-15)11-13(17)12-5-3-2-4-6-12/h2-6,13H,7-11,16H2,1H3. The Hall–Kier alpha value is -1.39. The maximum atomic E-state index is 12.3. The van der Waals surface area contributed by atoms with Crippen molar-refractivity contribution in [2.75, 3.05) is 26.7 Å². The van der Waals surface area contributed by atoms with Gasteiger partial charge in [-0.2, -0.15) is 0 Å². The monoisotopic (exact) mass is 259 g/mol. The number of nitrogens with two attached hydrogens (primary N) is 1. The van der Waals surface area contributed by atoms with E-state index in [0.717, 1.165) is 32.5 Å². The highest BCUT2D eigenvalue weighted by molar-refractivity contribution is 5.89. The molecule has 3 rings (SSSR count). The van der Waals surface area contributed by atoms with Crippen LogP contribution in [-0.2, 0) is 4.79 Å². The second-order valence-electron chi connectivity index (χ2n) is 5.81. The third kappa shape index (κ3) is 2.38. The quantitative estimate of drug-likeness (QED) is 0.862. The Bertz CT molecular complexity index is 470. The molecule has 102 valence electrons. The van der Waals surface area contributed by atoms with Crippen LogP contribution in [-0.4, -0.2) is 47.9 Å². The molecule has 1 aliphatic carbocycles. The van der Waals surface area contributed by atoms with Gasteiger partial charge < -0.3 is 10.6 Å². The van der Waals surface area contributed by atoms with E-state index < -0.39 is 5.54 Å². The van der Waals surface area contributed by atoms with Crippen LogP contribution in [0.25, 0.3) is 0 Å². The van der Waals surface area contributed by atoms with Gasteiger partial charge in [0, 0.05) is 19.6 Å². The van der Waals surface area contributed by atoms with Gasteiger partial charge in [-0.3, -0.25) is 9.69 Å². The Balaban J connectivity index is 1.76. The number of likely N-dealkylation sites (N-methyl/N-ethyl adjacent to an activating group) is 1. The van der Waals surface area contributed by atoms with Crippen LogP contribution in [0.5, 0.6) is 0 Å². The van der Waals surface area contributed by atoms with Crippen molar-refractivity contribution in [3.8, 4) is 0 Å². The SMILES string of the molecule is CN1CCN(C(=O)C2(N)CC2)CC1c1ccccc1. The van der Waals surface area contributed by atoms with Gasteiger partial charge in [-0.1, -0.05) is 30.3 Å². The molecule has 19 heavy (non-hydrogen) atoms. The molecule has 1 saturated heterocycles. The highest BCUT2D eigenvalue weighted by Gasteiger charge is 2.49. The van der Waals surface area contributed by atoms with Gasteiger partial charge in [0.25, 0.3) is 0 Å². The first-order valence-corrected chi connectivity index (χ1v) is 6.94. The fourth-order valence-electron chi connectivity index (χ4n) is 2.76. The van der Waals surface area contributed by atoms with Crippen LogP contribution in [0.15, 0.2) is 30.3 Å². The first-order valence-electron chi connectivity index (χ1n) is 6.94. The van der Waals surface area contributed by atoms with Crippen LogP contribution >= 0.6 is 0 Å². The van der Waals surface area contributed by atoms with E-state index in [9.17, 15) is 4.79 Å². The van der Waals surface area contributed by atoms with Crippen molar-refractivity contribution in [1.29, 1.82) is 0 Å². The zero-order chi connectivity index (χ0) is 13.5. The normalized spacial score (nSPS) is 26.2. The summed E-state index contributed by atoms with van der Waals surface area (Å²) >= 11 is 0. The molecule has 4 nitrogen and oxygen atoms in total. The molecule has 0 spiro atoms. The van der Waals surface area contributed by atoms with Crippen molar-refractivity contribution in [2.45, 2.75) is 24.4 Å². The zero-order valence-electron chi connectivity index (χ0n) is 11.4. The molecular weight excluding hydrogens is 238 g/mol. The molecule has 0 aromatic heterocycles. The number of carbonyl (C=O) groups is 1. The minimum Gasteiger partial charge on any atom is -0.338 e. The Labute approximate surface area is 114 Å². The second-order valence-corrected chi connectivity index (χ2v) is 5.81. The Morgan fingerprint density at radius 2 is 1.95 bits per heavy atom. The zero-order valence-corrected chi connectivity index (χ0v) is 11.4. The molecule has 2 N–H and O–H groups in total. The first-order chi connectivity index (χ1) is 9.10. The predicted molar refractivity (Wildman–Crippen MR) is 74.5 cm³/mol. The average molecular weight is 259 g/mol. The van der Waals surface area contributed by atoms with E-state index in [-0.39, 0.29) is 11.9 Å². The third-order valence-corrected chi connectivity index (χ3v) is 4.33. The number of nitrogens with zero attached hydrogens (tertiary/aromatic N) is 2. The average Bonchev–Trinajstić information content (AvgIpc) is 3.19. The van der Waals surface area contributed by atoms with Gasteiger partial charge in [0.1, 0.15) is 0 Å². The van der Waals surface area contributed by atoms with Gasteiger partial charge in [0.05, 0.1) is 11.6 Å². The Morgan fingerprint density at radius 3 is 2.58 bits per heavy atom. The van der Waals surface area contributed by atoms with Crippen molar-refractivity contribution in [3.63, 3.8) is 0 Å². The van der Waals surface area contributed by atoms with Crippen molar-refractivity contribution in [1.82, 2.24) is 9.80 Å². The largest absolute Gasteiger partial charge is 0.338 e. The fraction of sp³-hybridized carbons (Fsp3) is 0.533. The van der Waals surface area contributed by atoms with Crippen molar-refractivity contribution >= 4 is 5.91 Å². The molecule has 1 saturated carbocycles. The molecule has 1 aromatic rings. The van der Waals surface area contributed by atoms with E-state index in [0.29, 0.717) is 0 Å². The molecule has 1 aromatic carbocycles. The number of hydrogen-bond acceptors (Lipinski definition) is 3. The van der Waals surface area contributed by atoms with Crippen LogP contribution in [0, 0.1) is 0 Å². The summed E-state index contributed by atoms with van der Waals surface area (Å²) in [6, 6.07) is 10.7. The predicted octanol–water partition coefficient (Wildman–Crippen LogP) is 0.993. The summed E-state index contributed by atoms with van der Waals surface area (Å²) in [5, 5.41) is 0. The van der Waals surface area contributed by atoms with E-state index in [4.69, 9.17) is 5.73 Å². The lowest BCUT2D eigenvalue weighted by molar-refractivity contribution is -0.136. The summed E-state index contributed by atoms with van der Waals surface area (Å²) in [5.74, 6) is 0.140. The van der Waals surface area contributed by atoms with Gasteiger partial charge in [0.2, 0.25) is 5.91 Å². The van der Waals surface area contributed by atoms with E-state index in [1.165, 1.54) is 5.56 Å². The maximum Gasteiger partial charge on any atom is 0.242 e. The Morgan fingerprint density at radius 1 is 1.26 bits per heavy atom. The molecular formula is C15H21N3O. The number of amides is 1. The molecule has 0 radical (unpaired) electrons. The van der Waals surface area contributed by atoms with Crippen LogP contribution < -0.4 is 5.73 Å². The van der Waals surface area contributed by atoms with E-state index >= 15 is 0 Å². The minimum atomic E-state index is -0.544. The van der Waals surface area contributed by atoms with Gasteiger partial charge in [-0.15, -0.1) is 0 Å². The summed E-state index contributed by atoms with van der Waals surface area (Å²) in [6.07, 6.45) is 1.68. The molecule has 2 aliphatic rings.